The van der Waals surface area contributed by atoms with E-state index in [1.807, 2.05) is 6.92 Å². The number of allylic oxidation sites excluding steroid dienone is 1. The molecular weight excluding hydrogens is 460 g/mol. The maximum absolute atomic E-state index is 12.1. The monoisotopic (exact) mass is 524 g/mol. The number of hydrogen-bond donors (Lipinski definition) is 3. The third kappa shape index (κ3) is 26.5. The normalized spacial score (nSPS) is 13.1. The fourth-order valence-electron chi connectivity index (χ4n) is 4.83. The number of hydrogen-bond acceptors (Lipinski definition) is 4. The average Bonchev–Trinajstić information content (AvgIpc) is 2.86. The molecule has 0 bridgehead atoms. The summed E-state index contributed by atoms with van der Waals surface area (Å²) in [5.41, 5.74) is 1.02. The molecule has 1 amide bonds. The number of carbonyl (C=O) groups is 1. The number of aliphatic hydroxyl groups is 2. The average molecular weight is 525 g/mol. The van der Waals surface area contributed by atoms with Crippen molar-refractivity contribution in [2.24, 2.45) is 0 Å². The van der Waals surface area contributed by atoms with E-state index in [4.69, 9.17) is 0 Å². The molecule has 0 aromatic carbocycles. The van der Waals surface area contributed by atoms with Crippen molar-refractivity contribution in [3.8, 4) is 0 Å². The number of carbonyl (C=O) groups excluding carboxylic acids is 1. The molecule has 2 atom stereocenters. The summed E-state index contributed by atoms with van der Waals surface area (Å²) < 4.78 is 0. The molecule has 0 aliphatic rings. The van der Waals surface area contributed by atoms with Gasteiger partial charge in [0.1, 0.15) is 0 Å². The zero-order valence-corrected chi connectivity index (χ0v) is 25.1. The first-order chi connectivity index (χ1) is 17.9. The molecular formula is C32H64N2O3. The van der Waals surface area contributed by atoms with Crippen molar-refractivity contribution >= 4 is 5.91 Å². The summed E-state index contributed by atoms with van der Waals surface area (Å²) >= 11 is 0. The van der Waals surface area contributed by atoms with E-state index in [1.54, 1.807) is 0 Å². The Kier molecular flexibility index (Phi) is 26.0. The lowest BCUT2D eigenvalue weighted by molar-refractivity contribution is -0.121. The third-order valence-corrected chi connectivity index (χ3v) is 7.25. The van der Waals surface area contributed by atoms with Crippen molar-refractivity contribution in [1.29, 1.82) is 0 Å². The van der Waals surface area contributed by atoms with Gasteiger partial charge in [-0.3, -0.25) is 9.69 Å². The fraction of sp³-hybridized carbons (Fsp3) is 0.906. The lowest BCUT2D eigenvalue weighted by atomic mass is 10.0. The van der Waals surface area contributed by atoms with Gasteiger partial charge in [-0.2, -0.15) is 0 Å². The smallest absolute Gasteiger partial charge is 0.220 e. The van der Waals surface area contributed by atoms with Crippen LogP contribution in [0, 0.1) is 0 Å². The molecule has 0 aromatic heterocycles. The van der Waals surface area contributed by atoms with Gasteiger partial charge in [0.2, 0.25) is 5.91 Å². The standard InChI is InChI=1S/C32H64N2O3/c1-5-7-9-11-13-15-17-19-21-30(35)27-34(26-25-33-32(37)24-23-29(3)4)28-31(36)22-20-18-16-14-12-10-8-6-2/h30-31,35-36H,3,5-28H2,1-2,4H3,(H,33,37). The lowest BCUT2D eigenvalue weighted by Crippen LogP contribution is -2.42. The van der Waals surface area contributed by atoms with Gasteiger partial charge >= 0.3 is 0 Å². The number of nitrogens with one attached hydrogen (secondary N) is 1. The Morgan fingerprint density at radius 2 is 1.11 bits per heavy atom. The van der Waals surface area contributed by atoms with E-state index in [1.165, 1.54) is 89.9 Å². The Morgan fingerprint density at radius 3 is 1.51 bits per heavy atom. The molecule has 3 N–H and O–H groups in total. The molecule has 0 spiro atoms. The summed E-state index contributed by atoms with van der Waals surface area (Å²) in [6.07, 6.45) is 22.3. The van der Waals surface area contributed by atoms with Gasteiger partial charge in [-0.1, -0.05) is 122 Å². The molecule has 37 heavy (non-hydrogen) atoms. The van der Waals surface area contributed by atoms with Gasteiger partial charge in [0.25, 0.3) is 0 Å². The van der Waals surface area contributed by atoms with E-state index in [0.29, 0.717) is 39.0 Å². The van der Waals surface area contributed by atoms with Gasteiger partial charge in [-0.25, -0.2) is 0 Å². The molecule has 0 fully saturated rings. The number of nitrogens with zero attached hydrogens (tertiary/aromatic N) is 1. The lowest BCUT2D eigenvalue weighted by Gasteiger charge is -2.27. The van der Waals surface area contributed by atoms with Crippen LogP contribution in [0.4, 0.5) is 0 Å². The van der Waals surface area contributed by atoms with Gasteiger partial charge in [0.15, 0.2) is 0 Å². The second kappa shape index (κ2) is 26.7. The first-order valence-electron chi connectivity index (χ1n) is 15.9. The van der Waals surface area contributed by atoms with E-state index in [9.17, 15) is 15.0 Å². The van der Waals surface area contributed by atoms with E-state index in [2.05, 4.69) is 30.6 Å². The van der Waals surface area contributed by atoms with Crippen LogP contribution in [0.25, 0.3) is 0 Å². The maximum atomic E-state index is 12.1. The third-order valence-electron chi connectivity index (χ3n) is 7.25. The maximum Gasteiger partial charge on any atom is 0.220 e. The Labute approximate surface area is 230 Å². The van der Waals surface area contributed by atoms with Crippen LogP contribution in [-0.4, -0.2) is 59.4 Å². The zero-order valence-electron chi connectivity index (χ0n) is 25.1. The van der Waals surface area contributed by atoms with Gasteiger partial charge < -0.3 is 15.5 Å². The van der Waals surface area contributed by atoms with E-state index in [0.717, 1.165) is 31.3 Å². The second-order valence-electron chi connectivity index (χ2n) is 11.4. The molecule has 0 heterocycles. The van der Waals surface area contributed by atoms with Crippen LogP contribution in [-0.2, 0) is 4.79 Å². The Hall–Kier alpha value is -0.910. The minimum atomic E-state index is -0.380. The quantitative estimate of drug-likeness (QED) is 0.0730. The van der Waals surface area contributed by atoms with Crippen molar-refractivity contribution in [2.45, 2.75) is 161 Å². The van der Waals surface area contributed by atoms with Crippen molar-refractivity contribution < 1.29 is 15.0 Å². The Morgan fingerprint density at radius 1 is 0.703 bits per heavy atom. The van der Waals surface area contributed by atoms with Gasteiger partial charge in [-0.15, -0.1) is 6.58 Å². The van der Waals surface area contributed by atoms with E-state index in [-0.39, 0.29) is 18.1 Å². The molecule has 2 unspecified atom stereocenters. The number of unbranched alkanes of at least 4 members (excludes halogenated alkanes) is 14. The van der Waals surface area contributed by atoms with E-state index >= 15 is 0 Å². The number of aliphatic hydroxyl groups excluding tert-OH is 2. The molecule has 5 heteroatoms. The summed E-state index contributed by atoms with van der Waals surface area (Å²) in [6.45, 7) is 12.6. The van der Waals surface area contributed by atoms with Crippen molar-refractivity contribution in [2.75, 3.05) is 26.2 Å². The molecule has 0 aliphatic heterocycles. The summed E-state index contributed by atoms with van der Waals surface area (Å²) in [7, 11) is 0. The number of amides is 1. The highest BCUT2D eigenvalue weighted by atomic mass is 16.3. The highest BCUT2D eigenvalue weighted by Gasteiger charge is 2.16. The fourth-order valence-corrected chi connectivity index (χ4v) is 4.83. The zero-order chi connectivity index (χ0) is 27.6. The summed E-state index contributed by atoms with van der Waals surface area (Å²) in [5, 5.41) is 24.3. The van der Waals surface area contributed by atoms with Crippen LogP contribution in [0.15, 0.2) is 12.2 Å². The second-order valence-corrected chi connectivity index (χ2v) is 11.4. The van der Waals surface area contributed by atoms with Gasteiger partial charge in [0.05, 0.1) is 12.2 Å². The van der Waals surface area contributed by atoms with Gasteiger partial charge in [-0.05, 0) is 26.2 Å². The molecule has 0 aromatic rings. The predicted octanol–water partition coefficient (Wildman–Crippen LogP) is 7.54. The van der Waals surface area contributed by atoms with Crippen LogP contribution in [0.5, 0.6) is 0 Å². The topological polar surface area (TPSA) is 72.8 Å². The molecule has 0 radical (unpaired) electrons. The van der Waals surface area contributed by atoms with Gasteiger partial charge in [0, 0.05) is 32.6 Å². The van der Waals surface area contributed by atoms with Crippen LogP contribution in [0.3, 0.4) is 0 Å². The Bertz CT molecular complexity index is 498. The predicted molar refractivity (Wildman–Crippen MR) is 160 cm³/mol. The summed E-state index contributed by atoms with van der Waals surface area (Å²) in [6, 6.07) is 0. The largest absolute Gasteiger partial charge is 0.392 e. The Balaban J connectivity index is 4.33. The van der Waals surface area contributed by atoms with Crippen LogP contribution in [0.1, 0.15) is 149 Å². The molecule has 220 valence electrons. The molecule has 0 aliphatic carbocycles. The highest BCUT2D eigenvalue weighted by Crippen LogP contribution is 2.13. The molecule has 0 saturated carbocycles. The number of rotatable bonds is 28. The van der Waals surface area contributed by atoms with Crippen molar-refractivity contribution in [1.82, 2.24) is 10.2 Å². The first kappa shape index (κ1) is 36.1. The van der Waals surface area contributed by atoms with Crippen LogP contribution in [0.2, 0.25) is 0 Å². The van der Waals surface area contributed by atoms with Crippen molar-refractivity contribution in [3.05, 3.63) is 12.2 Å². The summed E-state index contributed by atoms with van der Waals surface area (Å²) in [5.74, 6) is 0.0434. The summed E-state index contributed by atoms with van der Waals surface area (Å²) in [4.78, 5) is 14.2. The molecule has 5 nitrogen and oxygen atoms in total. The SMILES string of the molecule is C=C(C)CCC(=O)NCCN(CC(O)CCCCCCCCCC)CC(O)CCCCCCCCCC. The van der Waals surface area contributed by atoms with Crippen LogP contribution < -0.4 is 5.32 Å². The highest BCUT2D eigenvalue weighted by molar-refractivity contribution is 5.76. The van der Waals surface area contributed by atoms with E-state index < -0.39 is 0 Å². The van der Waals surface area contributed by atoms with Crippen molar-refractivity contribution in [3.63, 3.8) is 0 Å². The molecule has 0 saturated heterocycles. The van der Waals surface area contributed by atoms with Crippen LogP contribution >= 0.6 is 0 Å². The molecule has 0 rings (SSSR count). The minimum Gasteiger partial charge on any atom is -0.392 e. The first-order valence-corrected chi connectivity index (χ1v) is 15.9. The minimum absolute atomic E-state index is 0.0434.